The lowest BCUT2D eigenvalue weighted by atomic mass is 9.96. The SMILES string of the molecule is CCC1NC(=O)C(C(C)C)N(Cc2nc(C)no2)C1=O. The normalized spacial score (nSPS) is 23.4. The zero-order valence-corrected chi connectivity index (χ0v) is 12.2. The van der Waals surface area contributed by atoms with E-state index < -0.39 is 12.1 Å². The second kappa shape index (κ2) is 5.60. The smallest absolute Gasteiger partial charge is 0.246 e. The maximum absolute atomic E-state index is 12.4. The van der Waals surface area contributed by atoms with Gasteiger partial charge in [-0.15, -0.1) is 0 Å². The Morgan fingerprint density at radius 2 is 2.10 bits per heavy atom. The molecule has 1 aromatic heterocycles. The minimum atomic E-state index is -0.502. The van der Waals surface area contributed by atoms with Gasteiger partial charge in [0, 0.05) is 0 Å². The number of hydrogen-bond acceptors (Lipinski definition) is 5. The number of nitrogens with zero attached hydrogens (tertiary/aromatic N) is 3. The van der Waals surface area contributed by atoms with E-state index in [1.807, 2.05) is 20.8 Å². The van der Waals surface area contributed by atoms with Crippen molar-refractivity contribution in [3.05, 3.63) is 11.7 Å². The third-order valence-electron chi connectivity index (χ3n) is 3.42. The van der Waals surface area contributed by atoms with Crippen LogP contribution >= 0.6 is 0 Å². The number of aryl methyl sites for hydroxylation is 1. The lowest BCUT2D eigenvalue weighted by Gasteiger charge is -2.39. The number of nitrogens with one attached hydrogen (secondary N) is 1. The van der Waals surface area contributed by atoms with Crippen molar-refractivity contribution in [3.63, 3.8) is 0 Å². The van der Waals surface area contributed by atoms with Gasteiger partial charge in [-0.05, 0) is 19.3 Å². The molecule has 7 nitrogen and oxygen atoms in total. The molecular weight excluding hydrogens is 260 g/mol. The van der Waals surface area contributed by atoms with Gasteiger partial charge in [0.1, 0.15) is 18.6 Å². The minimum Gasteiger partial charge on any atom is -0.343 e. The number of carbonyl (C=O) groups excluding carboxylic acids is 2. The molecule has 110 valence electrons. The average molecular weight is 280 g/mol. The van der Waals surface area contributed by atoms with Crippen molar-refractivity contribution in [3.8, 4) is 0 Å². The summed E-state index contributed by atoms with van der Waals surface area (Å²) in [6, 6.07) is -0.973. The Labute approximate surface area is 117 Å². The summed E-state index contributed by atoms with van der Waals surface area (Å²) >= 11 is 0. The zero-order valence-electron chi connectivity index (χ0n) is 12.2. The third kappa shape index (κ3) is 2.66. The van der Waals surface area contributed by atoms with E-state index in [2.05, 4.69) is 15.5 Å². The molecule has 0 aliphatic carbocycles. The summed E-state index contributed by atoms with van der Waals surface area (Å²) in [6.07, 6.45) is 0.564. The number of piperazine rings is 1. The molecule has 1 aromatic rings. The Kier molecular flexibility index (Phi) is 4.06. The van der Waals surface area contributed by atoms with Crippen LogP contribution in [0.25, 0.3) is 0 Å². The van der Waals surface area contributed by atoms with E-state index >= 15 is 0 Å². The average Bonchev–Trinajstić information content (AvgIpc) is 2.78. The Hall–Kier alpha value is -1.92. The molecule has 2 heterocycles. The molecule has 0 saturated carbocycles. The predicted molar refractivity (Wildman–Crippen MR) is 70.4 cm³/mol. The number of hydrogen-bond donors (Lipinski definition) is 1. The quantitative estimate of drug-likeness (QED) is 0.874. The van der Waals surface area contributed by atoms with E-state index in [1.165, 1.54) is 0 Å². The van der Waals surface area contributed by atoms with E-state index in [4.69, 9.17) is 4.52 Å². The number of aromatic nitrogens is 2. The molecule has 2 unspecified atom stereocenters. The second-order valence-electron chi connectivity index (χ2n) is 5.36. The van der Waals surface area contributed by atoms with Crippen molar-refractivity contribution >= 4 is 11.8 Å². The van der Waals surface area contributed by atoms with Crippen LogP contribution in [0.2, 0.25) is 0 Å². The van der Waals surface area contributed by atoms with Crippen molar-refractivity contribution in [2.24, 2.45) is 5.92 Å². The molecule has 1 aliphatic rings. The van der Waals surface area contributed by atoms with Gasteiger partial charge >= 0.3 is 0 Å². The summed E-state index contributed by atoms with van der Waals surface area (Å²) < 4.78 is 5.06. The van der Waals surface area contributed by atoms with Gasteiger partial charge in [0.05, 0.1) is 0 Å². The summed E-state index contributed by atoms with van der Waals surface area (Å²) in [7, 11) is 0. The number of carbonyl (C=O) groups is 2. The van der Waals surface area contributed by atoms with E-state index in [-0.39, 0.29) is 24.3 Å². The fraction of sp³-hybridized carbons (Fsp3) is 0.692. The van der Waals surface area contributed by atoms with Crippen molar-refractivity contribution in [2.75, 3.05) is 0 Å². The molecular formula is C13H20N4O3. The summed E-state index contributed by atoms with van der Waals surface area (Å²) in [5.41, 5.74) is 0. The third-order valence-corrected chi connectivity index (χ3v) is 3.42. The van der Waals surface area contributed by atoms with Crippen molar-refractivity contribution in [1.82, 2.24) is 20.4 Å². The van der Waals surface area contributed by atoms with Gasteiger partial charge < -0.3 is 14.7 Å². The van der Waals surface area contributed by atoms with Crippen molar-refractivity contribution in [1.29, 1.82) is 0 Å². The van der Waals surface area contributed by atoms with Crippen LogP contribution in [0, 0.1) is 12.8 Å². The molecule has 0 radical (unpaired) electrons. The standard InChI is InChI=1S/C13H20N4O3/c1-5-9-13(19)17(6-10-14-8(4)16-20-10)11(7(2)3)12(18)15-9/h7,9,11H,5-6H2,1-4H3,(H,15,18). The molecule has 0 bridgehead atoms. The van der Waals surface area contributed by atoms with Gasteiger partial charge in [-0.3, -0.25) is 9.59 Å². The fourth-order valence-electron chi connectivity index (χ4n) is 2.46. The maximum atomic E-state index is 12.4. The maximum Gasteiger partial charge on any atom is 0.246 e. The largest absolute Gasteiger partial charge is 0.343 e. The minimum absolute atomic E-state index is 0.0146. The molecule has 1 fully saturated rings. The second-order valence-corrected chi connectivity index (χ2v) is 5.36. The molecule has 2 rings (SSSR count). The van der Waals surface area contributed by atoms with Gasteiger partial charge in [-0.2, -0.15) is 4.98 Å². The van der Waals surface area contributed by atoms with E-state index in [0.717, 1.165) is 0 Å². The summed E-state index contributed by atoms with van der Waals surface area (Å²) in [6.45, 7) is 7.58. The first-order valence-electron chi connectivity index (χ1n) is 6.84. The molecule has 0 spiro atoms. The zero-order chi connectivity index (χ0) is 14.9. The van der Waals surface area contributed by atoms with Crippen LogP contribution < -0.4 is 5.32 Å². The highest BCUT2D eigenvalue weighted by Crippen LogP contribution is 2.20. The van der Waals surface area contributed by atoms with Gasteiger partial charge in [-0.1, -0.05) is 25.9 Å². The predicted octanol–water partition coefficient (Wildman–Crippen LogP) is 0.640. The molecule has 7 heteroatoms. The number of amides is 2. The fourth-order valence-corrected chi connectivity index (χ4v) is 2.46. The first kappa shape index (κ1) is 14.5. The van der Waals surface area contributed by atoms with Crippen LogP contribution in [0.1, 0.15) is 38.9 Å². The van der Waals surface area contributed by atoms with E-state index in [0.29, 0.717) is 18.1 Å². The Balaban J connectivity index is 2.27. The highest BCUT2D eigenvalue weighted by molar-refractivity contribution is 5.97. The molecule has 1 N–H and O–H groups in total. The molecule has 20 heavy (non-hydrogen) atoms. The van der Waals surface area contributed by atoms with Crippen LogP contribution in [-0.2, 0) is 16.1 Å². The summed E-state index contributed by atoms with van der Waals surface area (Å²) in [5, 5.41) is 6.48. The highest BCUT2D eigenvalue weighted by atomic mass is 16.5. The molecule has 2 amide bonds. The highest BCUT2D eigenvalue weighted by Gasteiger charge is 2.41. The van der Waals surface area contributed by atoms with Crippen molar-refractivity contribution in [2.45, 2.75) is 52.7 Å². The van der Waals surface area contributed by atoms with Crippen molar-refractivity contribution < 1.29 is 14.1 Å². The van der Waals surface area contributed by atoms with E-state index in [9.17, 15) is 9.59 Å². The monoisotopic (exact) mass is 280 g/mol. The lowest BCUT2D eigenvalue weighted by Crippen LogP contribution is -2.64. The van der Waals surface area contributed by atoms with Gasteiger partial charge in [0.15, 0.2) is 5.82 Å². The van der Waals surface area contributed by atoms with E-state index in [1.54, 1.807) is 11.8 Å². The van der Waals surface area contributed by atoms with Gasteiger partial charge in [0.25, 0.3) is 0 Å². The van der Waals surface area contributed by atoms with Crippen LogP contribution in [-0.4, -0.2) is 38.9 Å². The van der Waals surface area contributed by atoms with Crippen LogP contribution in [0.5, 0.6) is 0 Å². The topological polar surface area (TPSA) is 88.3 Å². The summed E-state index contributed by atoms with van der Waals surface area (Å²) in [4.78, 5) is 30.3. The molecule has 1 saturated heterocycles. The molecule has 1 aliphatic heterocycles. The Bertz CT molecular complexity index is 511. The van der Waals surface area contributed by atoms with Gasteiger partial charge in [0.2, 0.25) is 17.7 Å². The van der Waals surface area contributed by atoms with Gasteiger partial charge in [-0.25, -0.2) is 0 Å². The first-order valence-corrected chi connectivity index (χ1v) is 6.84. The summed E-state index contributed by atoms with van der Waals surface area (Å²) in [5.74, 6) is 0.665. The van der Waals surface area contributed by atoms with Crippen LogP contribution in [0.3, 0.4) is 0 Å². The lowest BCUT2D eigenvalue weighted by molar-refractivity contribution is -0.152. The molecule has 2 atom stereocenters. The number of rotatable bonds is 4. The van der Waals surface area contributed by atoms with Crippen LogP contribution in [0.4, 0.5) is 0 Å². The first-order chi connectivity index (χ1) is 9.43. The van der Waals surface area contributed by atoms with Crippen LogP contribution in [0.15, 0.2) is 4.52 Å². The Morgan fingerprint density at radius 3 is 2.60 bits per heavy atom. The Morgan fingerprint density at radius 1 is 1.40 bits per heavy atom. The molecule has 0 aromatic carbocycles.